The monoisotopic (exact) mass is 482 g/mol. The number of nitrogens with zero attached hydrogens (tertiary/aromatic N) is 1. The molecule has 1 saturated heterocycles. The first-order valence-corrected chi connectivity index (χ1v) is 11.1. The Balaban J connectivity index is 1.49. The third kappa shape index (κ3) is 5.78. The van der Waals surface area contributed by atoms with Gasteiger partial charge in [-0.1, -0.05) is 0 Å². The number of halogens is 1. The third-order valence-corrected chi connectivity index (χ3v) is 6.50. The van der Waals surface area contributed by atoms with Gasteiger partial charge in [-0.3, -0.25) is 4.79 Å². The van der Waals surface area contributed by atoms with Crippen molar-refractivity contribution >= 4 is 49.6 Å². The molecule has 1 aliphatic rings. The predicted octanol–water partition coefficient (Wildman–Crippen LogP) is 3.02. The number of anilines is 1. The molecule has 2 heterocycles. The van der Waals surface area contributed by atoms with E-state index in [2.05, 4.69) is 21.2 Å². The van der Waals surface area contributed by atoms with Crippen molar-refractivity contribution < 1.29 is 27.2 Å². The number of sulfonamides is 1. The van der Waals surface area contributed by atoms with Gasteiger partial charge in [-0.25, -0.2) is 13.2 Å². The lowest BCUT2D eigenvalue weighted by molar-refractivity contribution is -0.142. The minimum Gasteiger partial charge on any atom is -0.452 e. The first-order chi connectivity index (χ1) is 13.8. The highest BCUT2D eigenvalue weighted by molar-refractivity contribution is 9.10. The van der Waals surface area contributed by atoms with Crippen LogP contribution in [0.4, 0.5) is 5.69 Å². The first kappa shape index (κ1) is 21.3. The van der Waals surface area contributed by atoms with Gasteiger partial charge in [0, 0.05) is 24.9 Å². The van der Waals surface area contributed by atoms with Crippen LogP contribution in [0.1, 0.15) is 18.6 Å². The molecule has 0 radical (unpaired) electrons. The minimum absolute atomic E-state index is 0.179. The second-order valence-corrected chi connectivity index (χ2v) is 8.99. The van der Waals surface area contributed by atoms with Crippen LogP contribution in [0.3, 0.4) is 0 Å². The summed E-state index contributed by atoms with van der Waals surface area (Å²) in [5, 5.41) is 2.55. The third-order valence-electron chi connectivity index (χ3n) is 4.16. The molecule has 1 N–H and O–H groups in total. The zero-order chi connectivity index (χ0) is 20.9. The highest BCUT2D eigenvalue weighted by Gasteiger charge is 2.26. The SMILES string of the molecule is O=C(COC(=O)C=Cc1ccc(Br)o1)Nc1ccc(S(=O)(=O)N2CCCC2)cc1. The molecule has 2 aromatic rings. The Morgan fingerprint density at radius 3 is 2.45 bits per heavy atom. The molecule has 10 heteroatoms. The van der Waals surface area contributed by atoms with Crippen LogP contribution in [0.25, 0.3) is 6.08 Å². The van der Waals surface area contributed by atoms with Gasteiger partial charge >= 0.3 is 5.97 Å². The molecule has 0 atom stereocenters. The second-order valence-electron chi connectivity index (χ2n) is 6.27. The topological polar surface area (TPSA) is 106 Å². The number of ether oxygens (including phenoxy) is 1. The maximum Gasteiger partial charge on any atom is 0.331 e. The molecule has 1 aliphatic heterocycles. The molecule has 0 spiro atoms. The Labute approximate surface area is 176 Å². The van der Waals surface area contributed by atoms with E-state index in [0.29, 0.717) is 29.2 Å². The first-order valence-electron chi connectivity index (χ1n) is 8.85. The van der Waals surface area contributed by atoms with Gasteiger partial charge in [0.1, 0.15) is 5.76 Å². The lowest BCUT2D eigenvalue weighted by Crippen LogP contribution is -2.27. The van der Waals surface area contributed by atoms with Crippen molar-refractivity contribution in [2.24, 2.45) is 0 Å². The van der Waals surface area contributed by atoms with Gasteiger partial charge in [-0.05, 0) is 71.2 Å². The number of nitrogens with one attached hydrogen (secondary N) is 1. The Morgan fingerprint density at radius 2 is 1.83 bits per heavy atom. The van der Waals surface area contributed by atoms with Crippen molar-refractivity contribution in [3.05, 3.63) is 52.9 Å². The molecule has 1 aromatic carbocycles. The summed E-state index contributed by atoms with van der Waals surface area (Å²) < 4.78 is 37.0. The number of carbonyl (C=O) groups is 2. The summed E-state index contributed by atoms with van der Waals surface area (Å²) in [4.78, 5) is 23.7. The summed E-state index contributed by atoms with van der Waals surface area (Å²) in [7, 11) is -3.50. The minimum atomic E-state index is -3.50. The normalized spacial score (nSPS) is 14.9. The number of amides is 1. The van der Waals surface area contributed by atoms with E-state index < -0.39 is 28.5 Å². The largest absolute Gasteiger partial charge is 0.452 e. The van der Waals surface area contributed by atoms with Crippen LogP contribution in [-0.4, -0.2) is 44.3 Å². The quantitative estimate of drug-likeness (QED) is 0.480. The van der Waals surface area contributed by atoms with E-state index in [0.717, 1.165) is 18.9 Å². The Morgan fingerprint density at radius 1 is 1.14 bits per heavy atom. The Hall–Kier alpha value is -2.43. The van der Waals surface area contributed by atoms with E-state index in [1.54, 1.807) is 12.1 Å². The molecule has 3 rings (SSSR count). The molecule has 0 bridgehead atoms. The zero-order valence-electron chi connectivity index (χ0n) is 15.3. The lowest BCUT2D eigenvalue weighted by Gasteiger charge is -2.15. The molecule has 0 unspecified atom stereocenters. The number of rotatable bonds is 7. The zero-order valence-corrected chi connectivity index (χ0v) is 17.7. The van der Waals surface area contributed by atoms with Gasteiger partial charge in [0.25, 0.3) is 5.91 Å². The summed E-state index contributed by atoms with van der Waals surface area (Å²) in [5.74, 6) is -0.774. The van der Waals surface area contributed by atoms with E-state index in [1.165, 1.54) is 34.6 Å². The lowest BCUT2D eigenvalue weighted by atomic mass is 10.3. The van der Waals surface area contributed by atoms with E-state index in [4.69, 9.17) is 9.15 Å². The van der Waals surface area contributed by atoms with Crippen LogP contribution >= 0.6 is 15.9 Å². The van der Waals surface area contributed by atoms with Gasteiger partial charge in [-0.2, -0.15) is 4.31 Å². The second kappa shape index (κ2) is 9.38. The van der Waals surface area contributed by atoms with Crippen molar-refractivity contribution in [2.75, 3.05) is 25.0 Å². The smallest absolute Gasteiger partial charge is 0.331 e. The number of furan rings is 1. The Kier molecular flexibility index (Phi) is 6.88. The van der Waals surface area contributed by atoms with Crippen molar-refractivity contribution in [3.63, 3.8) is 0 Å². The summed E-state index contributed by atoms with van der Waals surface area (Å²) in [6, 6.07) is 9.22. The molecule has 8 nitrogen and oxygen atoms in total. The fraction of sp³-hybridized carbons (Fsp3) is 0.263. The molecular formula is C19H19BrN2O6S. The summed E-state index contributed by atoms with van der Waals surface area (Å²) in [6.07, 6.45) is 4.29. The molecule has 0 saturated carbocycles. The number of benzene rings is 1. The van der Waals surface area contributed by atoms with Gasteiger partial charge in [0.2, 0.25) is 10.0 Å². The van der Waals surface area contributed by atoms with Crippen molar-refractivity contribution in [2.45, 2.75) is 17.7 Å². The molecule has 1 fully saturated rings. The van der Waals surface area contributed by atoms with Crippen LogP contribution in [0.5, 0.6) is 0 Å². The standard InChI is InChI=1S/C19H19BrN2O6S/c20-17-9-5-15(28-17)6-10-19(24)27-13-18(23)21-14-3-7-16(8-4-14)29(25,26)22-11-1-2-12-22/h3-10H,1-2,11-13H2,(H,21,23). The average molecular weight is 483 g/mol. The van der Waals surface area contributed by atoms with E-state index in [-0.39, 0.29) is 4.90 Å². The molecule has 1 amide bonds. The number of hydrogen-bond donors (Lipinski definition) is 1. The number of carbonyl (C=O) groups excluding carboxylic acids is 2. The summed E-state index contributed by atoms with van der Waals surface area (Å²) in [6.45, 7) is 0.578. The van der Waals surface area contributed by atoms with Crippen LogP contribution in [-0.2, 0) is 24.3 Å². The molecule has 1 aromatic heterocycles. The highest BCUT2D eigenvalue weighted by Crippen LogP contribution is 2.22. The van der Waals surface area contributed by atoms with E-state index >= 15 is 0 Å². The van der Waals surface area contributed by atoms with Gasteiger partial charge in [0.15, 0.2) is 11.3 Å². The molecule has 29 heavy (non-hydrogen) atoms. The van der Waals surface area contributed by atoms with Crippen LogP contribution < -0.4 is 5.32 Å². The maximum absolute atomic E-state index is 12.5. The van der Waals surface area contributed by atoms with Gasteiger partial charge in [-0.15, -0.1) is 0 Å². The fourth-order valence-corrected chi connectivity index (χ4v) is 4.57. The maximum atomic E-state index is 12.5. The number of esters is 1. The van der Waals surface area contributed by atoms with Crippen molar-refractivity contribution in [1.29, 1.82) is 0 Å². The van der Waals surface area contributed by atoms with E-state index in [1.807, 2.05) is 0 Å². The number of hydrogen-bond acceptors (Lipinski definition) is 6. The van der Waals surface area contributed by atoms with Crippen LogP contribution in [0.15, 0.2) is 56.5 Å². The van der Waals surface area contributed by atoms with Crippen LogP contribution in [0, 0.1) is 0 Å². The van der Waals surface area contributed by atoms with E-state index in [9.17, 15) is 18.0 Å². The van der Waals surface area contributed by atoms with Crippen LogP contribution in [0.2, 0.25) is 0 Å². The molecule has 0 aliphatic carbocycles. The van der Waals surface area contributed by atoms with Crippen molar-refractivity contribution in [3.8, 4) is 0 Å². The average Bonchev–Trinajstić information content (AvgIpc) is 3.37. The highest BCUT2D eigenvalue weighted by atomic mass is 79.9. The molecule has 154 valence electrons. The summed E-state index contributed by atoms with van der Waals surface area (Å²) >= 11 is 3.15. The predicted molar refractivity (Wildman–Crippen MR) is 109 cm³/mol. The summed E-state index contributed by atoms with van der Waals surface area (Å²) in [5.41, 5.74) is 0.405. The fourth-order valence-electron chi connectivity index (χ4n) is 2.74. The van der Waals surface area contributed by atoms with Crippen molar-refractivity contribution in [1.82, 2.24) is 4.31 Å². The van der Waals surface area contributed by atoms with Gasteiger partial charge < -0.3 is 14.5 Å². The Bertz CT molecular complexity index is 1010. The molecular weight excluding hydrogens is 464 g/mol. The van der Waals surface area contributed by atoms with Gasteiger partial charge in [0.05, 0.1) is 4.90 Å².